The van der Waals surface area contributed by atoms with Crippen LogP contribution in [0.2, 0.25) is 0 Å². The number of rotatable bonds is 9. The summed E-state index contributed by atoms with van der Waals surface area (Å²) in [6, 6.07) is 18.1. The fourth-order valence-electron chi connectivity index (χ4n) is 5.60. The molecule has 33 heavy (non-hydrogen) atoms. The van der Waals surface area contributed by atoms with Gasteiger partial charge < -0.3 is 14.3 Å². The van der Waals surface area contributed by atoms with Crippen molar-refractivity contribution < 1.29 is 19.1 Å². The molecule has 0 unspecified atom stereocenters. The summed E-state index contributed by atoms with van der Waals surface area (Å²) < 4.78 is 7.20. The second-order valence-corrected chi connectivity index (χ2v) is 11.5. The second-order valence-electron chi connectivity index (χ2n) is 9.58. The van der Waals surface area contributed by atoms with E-state index in [4.69, 9.17) is 4.74 Å². The van der Waals surface area contributed by atoms with E-state index in [0.717, 1.165) is 36.8 Å². The zero-order chi connectivity index (χ0) is 22.7. The number of esters is 1. The van der Waals surface area contributed by atoms with Crippen LogP contribution in [0.4, 0.5) is 0 Å². The molecule has 6 rings (SSSR count). The van der Waals surface area contributed by atoms with Gasteiger partial charge in [-0.05, 0) is 47.7 Å². The Morgan fingerprint density at radius 3 is 2.24 bits per heavy atom. The van der Waals surface area contributed by atoms with Crippen LogP contribution in [0.25, 0.3) is 0 Å². The maximum Gasteiger partial charge on any atom is 0.349 e. The van der Waals surface area contributed by atoms with Crippen molar-refractivity contribution in [1.29, 1.82) is 0 Å². The molecular formula is C27H32NO3S2+. The maximum atomic E-state index is 13.5. The molecule has 0 saturated carbocycles. The van der Waals surface area contributed by atoms with E-state index in [9.17, 15) is 9.90 Å². The highest BCUT2D eigenvalue weighted by atomic mass is 32.1. The Hall–Kier alpha value is -1.99. The van der Waals surface area contributed by atoms with Gasteiger partial charge in [0.15, 0.2) is 6.10 Å². The lowest BCUT2D eigenvalue weighted by Gasteiger charge is -2.52. The van der Waals surface area contributed by atoms with Gasteiger partial charge in [0.25, 0.3) is 0 Å². The SMILES string of the molecule is O=C(O[C@@H]1C[N+]2(CCCCc3ccccc3)CCC1CC2)C(O)(c1cccs1)c1cccs1. The van der Waals surface area contributed by atoms with Crippen LogP contribution < -0.4 is 0 Å². The van der Waals surface area contributed by atoms with Crippen LogP contribution in [0.1, 0.15) is 41.0 Å². The van der Waals surface area contributed by atoms with E-state index in [2.05, 4.69) is 30.3 Å². The van der Waals surface area contributed by atoms with Gasteiger partial charge >= 0.3 is 5.97 Å². The molecule has 0 aliphatic carbocycles. The Balaban J connectivity index is 1.24. The van der Waals surface area contributed by atoms with Crippen LogP contribution in [0.3, 0.4) is 0 Å². The number of aliphatic hydroxyl groups is 1. The highest BCUT2D eigenvalue weighted by Crippen LogP contribution is 2.40. The van der Waals surface area contributed by atoms with Crippen molar-refractivity contribution in [3.05, 3.63) is 80.7 Å². The first kappa shape index (κ1) is 22.8. The number of quaternary nitrogens is 1. The average Bonchev–Trinajstić information content (AvgIpc) is 3.58. The van der Waals surface area contributed by atoms with Crippen molar-refractivity contribution >= 4 is 28.6 Å². The van der Waals surface area contributed by atoms with E-state index in [1.54, 1.807) is 0 Å². The first-order valence-corrected chi connectivity index (χ1v) is 13.8. The fraction of sp³-hybridized carbons (Fsp3) is 0.444. The molecule has 3 aliphatic rings. The molecule has 3 saturated heterocycles. The molecule has 1 atom stereocenters. The first-order chi connectivity index (χ1) is 16.1. The second kappa shape index (κ2) is 9.71. The number of carbonyl (C=O) groups excluding carboxylic acids is 1. The highest BCUT2D eigenvalue weighted by Gasteiger charge is 2.51. The predicted octanol–water partition coefficient (Wildman–Crippen LogP) is 5.22. The summed E-state index contributed by atoms with van der Waals surface area (Å²) in [5, 5.41) is 15.4. The summed E-state index contributed by atoms with van der Waals surface area (Å²) in [5.74, 6) is -0.109. The number of ether oxygens (including phenoxy) is 1. The van der Waals surface area contributed by atoms with Crippen LogP contribution in [0.5, 0.6) is 0 Å². The third-order valence-corrected chi connectivity index (χ3v) is 9.50. The lowest BCUT2D eigenvalue weighted by molar-refractivity contribution is -0.946. The number of thiophene rings is 2. The monoisotopic (exact) mass is 482 g/mol. The van der Waals surface area contributed by atoms with Gasteiger partial charge in [0.05, 0.1) is 29.4 Å². The summed E-state index contributed by atoms with van der Waals surface area (Å²) >= 11 is 2.79. The van der Waals surface area contributed by atoms with Crippen LogP contribution in [0, 0.1) is 5.92 Å². The summed E-state index contributed by atoms with van der Waals surface area (Å²) in [7, 11) is 0. The van der Waals surface area contributed by atoms with Gasteiger partial charge in [-0.3, -0.25) is 0 Å². The molecule has 0 radical (unpaired) electrons. The molecule has 0 spiro atoms. The first-order valence-electron chi connectivity index (χ1n) is 12.0. The average molecular weight is 483 g/mol. The molecule has 3 aromatic rings. The van der Waals surface area contributed by atoms with Gasteiger partial charge in [0.1, 0.15) is 6.54 Å². The lowest BCUT2D eigenvalue weighted by atomic mass is 9.82. The van der Waals surface area contributed by atoms with E-state index >= 15 is 0 Å². The minimum absolute atomic E-state index is 0.111. The predicted molar refractivity (Wildman–Crippen MR) is 133 cm³/mol. The van der Waals surface area contributed by atoms with E-state index in [1.807, 2.05) is 35.0 Å². The Morgan fingerprint density at radius 2 is 1.64 bits per heavy atom. The summed E-state index contributed by atoms with van der Waals surface area (Å²) in [5.41, 5.74) is -0.308. The van der Waals surface area contributed by atoms with E-state index in [0.29, 0.717) is 15.7 Å². The summed E-state index contributed by atoms with van der Waals surface area (Å²) in [6.07, 6.45) is 5.60. The molecule has 2 aromatic heterocycles. The molecule has 6 heteroatoms. The zero-order valence-corrected chi connectivity index (χ0v) is 20.5. The Kier molecular flexibility index (Phi) is 6.70. The number of aryl methyl sites for hydroxylation is 1. The Labute approximate surface area is 204 Å². The minimum Gasteiger partial charge on any atom is -0.453 e. The molecule has 3 fully saturated rings. The van der Waals surface area contributed by atoms with Crippen LogP contribution in [0.15, 0.2) is 65.4 Å². The van der Waals surface area contributed by atoms with E-state index in [-0.39, 0.29) is 6.10 Å². The zero-order valence-electron chi connectivity index (χ0n) is 18.9. The number of piperidine rings is 3. The van der Waals surface area contributed by atoms with Gasteiger partial charge in [-0.2, -0.15) is 0 Å². The van der Waals surface area contributed by atoms with Crippen LogP contribution in [-0.2, 0) is 21.6 Å². The minimum atomic E-state index is -1.71. The molecule has 174 valence electrons. The number of nitrogens with zero attached hydrogens (tertiary/aromatic N) is 1. The number of hydrogen-bond acceptors (Lipinski definition) is 5. The van der Waals surface area contributed by atoms with Gasteiger partial charge in [-0.1, -0.05) is 42.5 Å². The van der Waals surface area contributed by atoms with Crippen molar-refractivity contribution in [3.63, 3.8) is 0 Å². The molecular weight excluding hydrogens is 450 g/mol. The highest BCUT2D eigenvalue weighted by molar-refractivity contribution is 7.12. The summed E-state index contributed by atoms with van der Waals surface area (Å²) in [6.45, 7) is 4.40. The molecule has 4 nitrogen and oxygen atoms in total. The molecule has 0 amide bonds. The standard InChI is InChI=1S/C27H32NO3S2/c29-26(27(30,24-11-6-18-32-24)25-12-7-19-33-25)31-23-20-28(16-13-22(23)14-17-28)15-5-4-10-21-8-2-1-3-9-21/h1-3,6-9,11-12,18-19,22-23,30H,4-5,10,13-17,20H2/q+1/t22?,23-,28?/m1/s1. The van der Waals surface area contributed by atoms with Crippen molar-refractivity contribution in [2.45, 2.75) is 43.8 Å². The Bertz CT molecular complexity index is 991. The van der Waals surface area contributed by atoms with Crippen LogP contribution in [-0.4, -0.2) is 47.8 Å². The third kappa shape index (κ3) is 4.67. The van der Waals surface area contributed by atoms with Crippen LogP contribution >= 0.6 is 22.7 Å². The molecule has 1 N–H and O–H groups in total. The normalized spacial score (nSPS) is 24.6. The van der Waals surface area contributed by atoms with Gasteiger partial charge in [-0.15, -0.1) is 22.7 Å². The molecule has 2 bridgehead atoms. The number of fused-ring (bicyclic) bond motifs is 3. The van der Waals surface area contributed by atoms with E-state index in [1.165, 1.54) is 54.2 Å². The van der Waals surface area contributed by atoms with Gasteiger partial charge in [-0.25, -0.2) is 4.79 Å². The number of unbranched alkanes of at least 4 members (excludes halogenated alkanes) is 1. The Morgan fingerprint density at radius 1 is 0.970 bits per heavy atom. The smallest absolute Gasteiger partial charge is 0.349 e. The quantitative estimate of drug-likeness (QED) is 0.258. The lowest BCUT2D eigenvalue weighted by Crippen LogP contribution is -2.65. The summed E-state index contributed by atoms with van der Waals surface area (Å²) in [4.78, 5) is 14.7. The van der Waals surface area contributed by atoms with Crippen molar-refractivity contribution in [3.8, 4) is 0 Å². The van der Waals surface area contributed by atoms with E-state index < -0.39 is 11.6 Å². The molecule has 1 aromatic carbocycles. The van der Waals surface area contributed by atoms with Gasteiger partial charge in [0.2, 0.25) is 5.60 Å². The van der Waals surface area contributed by atoms with Crippen molar-refractivity contribution in [1.82, 2.24) is 0 Å². The number of carbonyl (C=O) groups is 1. The largest absolute Gasteiger partial charge is 0.453 e. The maximum absolute atomic E-state index is 13.5. The molecule has 3 aliphatic heterocycles. The number of hydrogen-bond donors (Lipinski definition) is 1. The topological polar surface area (TPSA) is 46.5 Å². The van der Waals surface area contributed by atoms with Crippen molar-refractivity contribution in [2.75, 3.05) is 26.2 Å². The number of benzene rings is 1. The fourth-order valence-corrected chi connectivity index (χ4v) is 7.32. The third-order valence-electron chi connectivity index (χ3n) is 7.54. The van der Waals surface area contributed by atoms with Gasteiger partial charge in [0, 0.05) is 18.8 Å². The van der Waals surface area contributed by atoms with Crippen molar-refractivity contribution in [2.24, 2.45) is 5.92 Å². The molecule has 5 heterocycles.